The third-order valence-electron chi connectivity index (χ3n) is 6.09. The van der Waals surface area contributed by atoms with Gasteiger partial charge in [-0.3, -0.25) is 9.59 Å². The lowest BCUT2D eigenvalue weighted by molar-refractivity contribution is -0.125. The Kier molecular flexibility index (Phi) is 6.55. The molecule has 3 aromatic rings. The van der Waals surface area contributed by atoms with Gasteiger partial charge in [0, 0.05) is 31.1 Å². The van der Waals surface area contributed by atoms with Crippen LogP contribution in [-0.4, -0.2) is 36.9 Å². The van der Waals surface area contributed by atoms with Crippen LogP contribution in [0.1, 0.15) is 33.0 Å². The van der Waals surface area contributed by atoms with Crippen LogP contribution in [0.4, 0.5) is 0 Å². The molecule has 0 radical (unpaired) electrons. The summed E-state index contributed by atoms with van der Waals surface area (Å²) in [4.78, 5) is 28.2. The van der Waals surface area contributed by atoms with E-state index in [4.69, 9.17) is 4.74 Å². The number of benzene rings is 3. The Labute approximate surface area is 189 Å². The van der Waals surface area contributed by atoms with Gasteiger partial charge in [-0.05, 0) is 36.2 Å². The maximum atomic E-state index is 13.3. The molecule has 1 aliphatic rings. The van der Waals surface area contributed by atoms with Gasteiger partial charge in [-0.15, -0.1) is 0 Å². The molecule has 32 heavy (non-hydrogen) atoms. The number of ether oxygens (including phenoxy) is 1. The van der Waals surface area contributed by atoms with Crippen molar-refractivity contribution in [2.24, 2.45) is 5.92 Å². The van der Waals surface area contributed by atoms with Crippen LogP contribution in [-0.2, 0) is 11.3 Å². The molecule has 4 rings (SSSR count). The number of carbonyl (C=O) groups is 2. The Morgan fingerprint density at radius 2 is 1.62 bits per heavy atom. The van der Waals surface area contributed by atoms with Gasteiger partial charge >= 0.3 is 0 Å². The second-order valence-electron chi connectivity index (χ2n) is 8.23. The van der Waals surface area contributed by atoms with Crippen LogP contribution < -0.4 is 10.1 Å². The molecule has 3 aromatic carbocycles. The highest BCUT2D eigenvalue weighted by atomic mass is 16.5. The Bertz CT molecular complexity index is 1080. The third-order valence-corrected chi connectivity index (χ3v) is 6.09. The summed E-state index contributed by atoms with van der Waals surface area (Å²) < 4.78 is 5.57. The SMILES string of the molecule is COc1ccccc1[C@H]1CN(C(=O)c2ccc(C)cc2)C[C@@H]1C(=O)NCc1ccccc1. The summed E-state index contributed by atoms with van der Waals surface area (Å²) in [5.41, 5.74) is 3.74. The first-order valence-corrected chi connectivity index (χ1v) is 10.9. The van der Waals surface area contributed by atoms with Gasteiger partial charge in [0.25, 0.3) is 5.91 Å². The Hall–Kier alpha value is -3.60. The second-order valence-corrected chi connectivity index (χ2v) is 8.23. The molecule has 2 amide bonds. The summed E-state index contributed by atoms with van der Waals surface area (Å²) in [6.45, 7) is 3.29. The summed E-state index contributed by atoms with van der Waals surface area (Å²) in [6, 6.07) is 25.1. The molecule has 0 spiro atoms. The molecule has 2 atom stereocenters. The zero-order valence-corrected chi connectivity index (χ0v) is 18.5. The molecule has 1 heterocycles. The van der Waals surface area contributed by atoms with E-state index < -0.39 is 0 Å². The molecule has 0 aromatic heterocycles. The van der Waals surface area contributed by atoms with Gasteiger partial charge in [0.1, 0.15) is 5.75 Å². The first-order valence-electron chi connectivity index (χ1n) is 10.9. The van der Waals surface area contributed by atoms with Crippen LogP contribution >= 0.6 is 0 Å². The molecule has 1 N–H and O–H groups in total. The van der Waals surface area contributed by atoms with Gasteiger partial charge in [0.2, 0.25) is 5.91 Å². The fourth-order valence-electron chi connectivity index (χ4n) is 4.32. The molecule has 0 aliphatic carbocycles. The number of amides is 2. The maximum absolute atomic E-state index is 13.3. The van der Waals surface area contributed by atoms with Crippen LogP contribution in [0.25, 0.3) is 0 Å². The third kappa shape index (κ3) is 4.67. The van der Waals surface area contributed by atoms with Gasteiger partial charge in [-0.1, -0.05) is 66.2 Å². The predicted octanol–water partition coefficient (Wildman–Crippen LogP) is 4.18. The van der Waals surface area contributed by atoms with Crippen molar-refractivity contribution < 1.29 is 14.3 Å². The number of nitrogens with one attached hydrogen (secondary N) is 1. The van der Waals surface area contributed by atoms with E-state index >= 15 is 0 Å². The van der Waals surface area contributed by atoms with Crippen molar-refractivity contribution >= 4 is 11.8 Å². The molecule has 0 saturated carbocycles. The summed E-state index contributed by atoms with van der Waals surface area (Å²) in [5.74, 6) is 0.135. The number of aryl methyl sites for hydroxylation is 1. The molecule has 0 bridgehead atoms. The van der Waals surface area contributed by atoms with E-state index in [1.807, 2.05) is 85.8 Å². The zero-order chi connectivity index (χ0) is 22.5. The first kappa shape index (κ1) is 21.6. The molecular formula is C27H28N2O3. The highest BCUT2D eigenvalue weighted by Gasteiger charge is 2.41. The largest absolute Gasteiger partial charge is 0.496 e. The Balaban J connectivity index is 1.58. The highest BCUT2D eigenvalue weighted by molar-refractivity contribution is 5.95. The minimum absolute atomic E-state index is 0.0519. The van der Waals surface area contributed by atoms with Gasteiger partial charge < -0.3 is 15.0 Å². The van der Waals surface area contributed by atoms with Gasteiger partial charge in [-0.2, -0.15) is 0 Å². The van der Waals surface area contributed by atoms with Crippen LogP contribution in [0.3, 0.4) is 0 Å². The molecule has 0 unspecified atom stereocenters. The molecule has 1 fully saturated rings. The van der Waals surface area contributed by atoms with Crippen LogP contribution in [0.15, 0.2) is 78.9 Å². The number of hydrogen-bond donors (Lipinski definition) is 1. The fraction of sp³-hybridized carbons (Fsp3) is 0.259. The monoisotopic (exact) mass is 428 g/mol. The first-order chi connectivity index (χ1) is 15.6. The van der Waals surface area contributed by atoms with Crippen molar-refractivity contribution in [3.05, 3.63) is 101 Å². The van der Waals surface area contributed by atoms with E-state index in [9.17, 15) is 9.59 Å². The van der Waals surface area contributed by atoms with Crippen molar-refractivity contribution in [2.75, 3.05) is 20.2 Å². The van der Waals surface area contributed by atoms with E-state index in [1.165, 1.54) is 0 Å². The van der Waals surface area contributed by atoms with Crippen molar-refractivity contribution in [3.63, 3.8) is 0 Å². The normalized spacial score (nSPS) is 17.8. The quantitative estimate of drug-likeness (QED) is 0.641. The smallest absolute Gasteiger partial charge is 0.253 e. The summed E-state index contributed by atoms with van der Waals surface area (Å²) in [5, 5.41) is 3.07. The summed E-state index contributed by atoms with van der Waals surface area (Å²) in [6.07, 6.45) is 0. The molecular weight excluding hydrogens is 400 g/mol. The van der Waals surface area contributed by atoms with Gasteiger partial charge in [-0.25, -0.2) is 0 Å². The van der Waals surface area contributed by atoms with Gasteiger partial charge in [0.15, 0.2) is 0 Å². The van der Waals surface area contributed by atoms with Crippen LogP contribution in [0, 0.1) is 12.8 Å². The minimum atomic E-state index is -0.357. The Morgan fingerprint density at radius 3 is 2.34 bits per heavy atom. The van der Waals surface area contributed by atoms with E-state index in [-0.39, 0.29) is 23.7 Å². The molecule has 164 valence electrons. The van der Waals surface area contributed by atoms with Crippen molar-refractivity contribution in [1.29, 1.82) is 0 Å². The fourth-order valence-corrected chi connectivity index (χ4v) is 4.32. The highest BCUT2D eigenvalue weighted by Crippen LogP contribution is 2.38. The topological polar surface area (TPSA) is 58.6 Å². The number of nitrogens with zero attached hydrogens (tertiary/aromatic N) is 1. The van der Waals surface area contributed by atoms with E-state index in [0.717, 1.165) is 22.4 Å². The number of rotatable bonds is 6. The summed E-state index contributed by atoms with van der Waals surface area (Å²) >= 11 is 0. The average Bonchev–Trinajstić information content (AvgIpc) is 3.28. The number of para-hydroxylation sites is 1. The lowest BCUT2D eigenvalue weighted by Crippen LogP contribution is -2.35. The van der Waals surface area contributed by atoms with E-state index in [1.54, 1.807) is 12.0 Å². The summed E-state index contributed by atoms with van der Waals surface area (Å²) in [7, 11) is 1.63. The van der Waals surface area contributed by atoms with Crippen molar-refractivity contribution in [3.8, 4) is 5.75 Å². The predicted molar refractivity (Wildman–Crippen MR) is 125 cm³/mol. The lowest BCUT2D eigenvalue weighted by atomic mass is 9.87. The van der Waals surface area contributed by atoms with Crippen LogP contribution in [0.2, 0.25) is 0 Å². The maximum Gasteiger partial charge on any atom is 0.253 e. The number of carbonyl (C=O) groups excluding carboxylic acids is 2. The second kappa shape index (κ2) is 9.69. The lowest BCUT2D eigenvalue weighted by Gasteiger charge is -2.20. The van der Waals surface area contributed by atoms with Crippen molar-refractivity contribution in [1.82, 2.24) is 10.2 Å². The molecule has 5 nitrogen and oxygen atoms in total. The van der Waals surface area contributed by atoms with Crippen molar-refractivity contribution in [2.45, 2.75) is 19.4 Å². The average molecular weight is 429 g/mol. The molecule has 5 heteroatoms. The number of hydrogen-bond acceptors (Lipinski definition) is 3. The van der Waals surface area contributed by atoms with E-state index in [2.05, 4.69) is 5.32 Å². The number of methoxy groups -OCH3 is 1. The van der Waals surface area contributed by atoms with Gasteiger partial charge in [0.05, 0.1) is 13.0 Å². The van der Waals surface area contributed by atoms with Crippen LogP contribution in [0.5, 0.6) is 5.75 Å². The van der Waals surface area contributed by atoms with E-state index in [0.29, 0.717) is 25.2 Å². The minimum Gasteiger partial charge on any atom is -0.496 e. The number of likely N-dealkylation sites (tertiary alicyclic amines) is 1. The standard InChI is InChI=1S/C27H28N2O3/c1-19-12-14-21(15-13-19)27(31)29-17-23(22-10-6-7-11-25(22)32-2)24(18-29)26(30)28-16-20-8-4-3-5-9-20/h3-15,23-24H,16-18H2,1-2H3,(H,28,30)/t23-,24+/m1/s1. The zero-order valence-electron chi connectivity index (χ0n) is 18.5. The molecule has 1 aliphatic heterocycles. The Morgan fingerprint density at radius 1 is 0.938 bits per heavy atom. The molecule has 1 saturated heterocycles.